The first-order valence-corrected chi connectivity index (χ1v) is 11.9. The molecule has 5 rings (SSSR count). The molecule has 164 valence electrons. The number of halogens is 3. The molecular weight excluding hydrogens is 498 g/mol. The number of carbonyl (C=O) groups is 1. The minimum Gasteiger partial charge on any atom is -0.342 e. The summed E-state index contributed by atoms with van der Waals surface area (Å²) in [5.41, 5.74) is 3.31. The second-order valence-corrected chi connectivity index (χ2v) is 9.98. The van der Waals surface area contributed by atoms with Gasteiger partial charge in [0.25, 0.3) is 5.91 Å². The Balaban J connectivity index is 1.53. The van der Waals surface area contributed by atoms with E-state index >= 15 is 0 Å². The molecule has 0 radical (unpaired) electrons. The van der Waals surface area contributed by atoms with Gasteiger partial charge in [0.1, 0.15) is 5.82 Å². The molecule has 1 saturated heterocycles. The Labute approximate surface area is 209 Å². The zero-order valence-corrected chi connectivity index (χ0v) is 20.1. The summed E-state index contributed by atoms with van der Waals surface area (Å²) in [7, 11) is 0. The molecule has 33 heavy (non-hydrogen) atoms. The number of thiocarbonyl (C=S) groups is 1. The normalized spacial score (nSPS) is 15.2. The van der Waals surface area contributed by atoms with Gasteiger partial charge in [-0.25, -0.2) is 4.39 Å². The molecule has 3 nitrogen and oxygen atoms in total. The summed E-state index contributed by atoms with van der Waals surface area (Å²) < 4.78 is 16.0. The molecule has 1 fully saturated rings. The van der Waals surface area contributed by atoms with Gasteiger partial charge >= 0.3 is 0 Å². The smallest absolute Gasteiger partial charge is 0.270 e. The summed E-state index contributed by atoms with van der Waals surface area (Å²) in [6.07, 6.45) is 3.82. The molecule has 1 aliphatic rings. The fraction of sp³-hybridized carbons (Fsp3) is 0.0400. The van der Waals surface area contributed by atoms with Gasteiger partial charge in [0.2, 0.25) is 0 Å². The standard InChI is InChI=1S/C25H15Cl2FN2OS2/c26-17-4-3-5-19(11-17)30-24(31)23(33-25(30)32)10-16-14-29(22-7-2-1-6-20(16)22)13-15-8-9-18(28)12-21(15)27/h1-12,14H,13H2/b23-10+. The largest absolute Gasteiger partial charge is 0.342 e. The maximum Gasteiger partial charge on any atom is 0.270 e. The Morgan fingerprint density at radius 2 is 1.85 bits per heavy atom. The first kappa shape index (κ1) is 22.2. The van der Waals surface area contributed by atoms with Crippen molar-refractivity contribution in [1.82, 2.24) is 4.57 Å². The molecular formula is C25H15Cl2FN2OS2. The quantitative estimate of drug-likeness (QED) is 0.208. The number of thioether (sulfide) groups is 1. The number of hydrogen-bond acceptors (Lipinski definition) is 3. The van der Waals surface area contributed by atoms with Crippen LogP contribution in [-0.2, 0) is 11.3 Å². The molecule has 0 aliphatic carbocycles. The van der Waals surface area contributed by atoms with Crippen LogP contribution in [-0.4, -0.2) is 14.8 Å². The van der Waals surface area contributed by atoms with Crippen molar-refractivity contribution in [2.45, 2.75) is 6.54 Å². The third-order valence-electron chi connectivity index (χ3n) is 5.32. The van der Waals surface area contributed by atoms with E-state index in [0.29, 0.717) is 31.5 Å². The van der Waals surface area contributed by atoms with E-state index in [9.17, 15) is 9.18 Å². The van der Waals surface area contributed by atoms with E-state index < -0.39 is 0 Å². The van der Waals surface area contributed by atoms with Crippen LogP contribution in [0.3, 0.4) is 0 Å². The minimum absolute atomic E-state index is 0.189. The van der Waals surface area contributed by atoms with Crippen molar-refractivity contribution in [1.29, 1.82) is 0 Å². The topological polar surface area (TPSA) is 25.2 Å². The number of hydrogen-bond donors (Lipinski definition) is 0. The van der Waals surface area contributed by atoms with Crippen LogP contribution >= 0.6 is 47.2 Å². The number of amides is 1. The van der Waals surface area contributed by atoms with Gasteiger partial charge in [-0.05, 0) is 48.0 Å². The zero-order valence-electron chi connectivity index (χ0n) is 17.0. The van der Waals surface area contributed by atoms with Gasteiger partial charge in [-0.2, -0.15) is 0 Å². The third-order valence-corrected chi connectivity index (χ3v) is 7.21. The lowest BCUT2D eigenvalue weighted by Crippen LogP contribution is -2.27. The number of aromatic nitrogens is 1. The van der Waals surface area contributed by atoms with Gasteiger partial charge in [0.05, 0.1) is 10.6 Å². The van der Waals surface area contributed by atoms with Crippen LogP contribution < -0.4 is 4.90 Å². The lowest BCUT2D eigenvalue weighted by molar-refractivity contribution is -0.113. The molecule has 3 aromatic carbocycles. The van der Waals surface area contributed by atoms with E-state index in [2.05, 4.69) is 0 Å². The summed E-state index contributed by atoms with van der Waals surface area (Å²) in [4.78, 5) is 15.2. The summed E-state index contributed by atoms with van der Waals surface area (Å²) in [6.45, 7) is 0.469. The predicted octanol–water partition coefficient (Wildman–Crippen LogP) is 7.54. The Kier molecular flexibility index (Phi) is 6.01. The molecule has 0 spiro atoms. The number of benzene rings is 3. The van der Waals surface area contributed by atoms with Crippen molar-refractivity contribution < 1.29 is 9.18 Å². The number of para-hydroxylation sites is 1. The predicted molar refractivity (Wildman–Crippen MR) is 140 cm³/mol. The van der Waals surface area contributed by atoms with Crippen molar-refractivity contribution in [3.63, 3.8) is 0 Å². The number of nitrogens with zero attached hydrogens (tertiary/aromatic N) is 2. The maximum atomic E-state index is 13.5. The Bertz CT molecular complexity index is 1460. The summed E-state index contributed by atoms with van der Waals surface area (Å²) in [6, 6.07) is 19.4. The van der Waals surface area contributed by atoms with Crippen LogP contribution in [0.25, 0.3) is 17.0 Å². The lowest BCUT2D eigenvalue weighted by Gasteiger charge is -2.14. The molecule has 1 aliphatic heterocycles. The highest BCUT2D eigenvalue weighted by Crippen LogP contribution is 2.38. The minimum atomic E-state index is -0.372. The Hall–Kier alpha value is -2.64. The summed E-state index contributed by atoms with van der Waals surface area (Å²) >= 11 is 19.1. The number of anilines is 1. The molecule has 0 unspecified atom stereocenters. The molecule has 2 heterocycles. The van der Waals surface area contributed by atoms with E-state index in [1.807, 2.05) is 41.1 Å². The third kappa shape index (κ3) is 4.32. The van der Waals surface area contributed by atoms with E-state index in [-0.39, 0.29) is 11.7 Å². The maximum absolute atomic E-state index is 13.5. The second kappa shape index (κ2) is 8.95. The molecule has 0 atom stereocenters. The van der Waals surface area contributed by atoms with Crippen LogP contribution in [0.5, 0.6) is 0 Å². The summed E-state index contributed by atoms with van der Waals surface area (Å²) in [5, 5.41) is 1.90. The number of carbonyl (C=O) groups excluding carboxylic acids is 1. The van der Waals surface area contributed by atoms with Gasteiger partial charge in [-0.3, -0.25) is 9.69 Å². The van der Waals surface area contributed by atoms with Crippen molar-refractivity contribution in [2.75, 3.05) is 4.90 Å². The van der Waals surface area contributed by atoms with Crippen LogP contribution in [0.1, 0.15) is 11.1 Å². The zero-order chi connectivity index (χ0) is 23.1. The molecule has 4 aromatic rings. The van der Waals surface area contributed by atoms with Crippen molar-refractivity contribution in [2.24, 2.45) is 0 Å². The second-order valence-electron chi connectivity index (χ2n) is 7.46. The Morgan fingerprint density at radius 1 is 1.03 bits per heavy atom. The average molecular weight is 513 g/mol. The van der Waals surface area contributed by atoms with E-state index in [1.165, 1.54) is 28.8 Å². The van der Waals surface area contributed by atoms with Gasteiger partial charge in [0, 0.05) is 39.3 Å². The van der Waals surface area contributed by atoms with Crippen LogP contribution in [0.2, 0.25) is 10.0 Å². The van der Waals surface area contributed by atoms with Gasteiger partial charge in [-0.15, -0.1) is 0 Å². The SMILES string of the molecule is O=C1/C(=C\c2cn(Cc3ccc(F)cc3Cl)c3ccccc23)SC(=S)N1c1cccc(Cl)c1. The highest BCUT2D eigenvalue weighted by molar-refractivity contribution is 8.27. The highest BCUT2D eigenvalue weighted by Gasteiger charge is 2.33. The van der Waals surface area contributed by atoms with Crippen molar-refractivity contribution >= 4 is 80.1 Å². The molecule has 0 saturated carbocycles. The fourth-order valence-corrected chi connectivity index (χ4v) is 5.50. The van der Waals surface area contributed by atoms with Crippen molar-refractivity contribution in [3.05, 3.63) is 105 Å². The summed E-state index contributed by atoms with van der Waals surface area (Å²) in [5.74, 6) is -0.561. The monoisotopic (exact) mass is 512 g/mol. The number of fused-ring (bicyclic) bond motifs is 1. The number of rotatable bonds is 4. The van der Waals surface area contributed by atoms with Crippen LogP contribution in [0.15, 0.2) is 77.8 Å². The average Bonchev–Trinajstić information content (AvgIpc) is 3.27. The van der Waals surface area contributed by atoms with Gasteiger partial charge in [0.15, 0.2) is 4.32 Å². The fourth-order valence-electron chi connectivity index (χ4n) is 3.80. The van der Waals surface area contributed by atoms with E-state index in [1.54, 1.807) is 30.3 Å². The van der Waals surface area contributed by atoms with Crippen LogP contribution in [0, 0.1) is 5.82 Å². The first-order chi connectivity index (χ1) is 15.9. The van der Waals surface area contributed by atoms with Gasteiger partial charge < -0.3 is 4.57 Å². The molecule has 1 amide bonds. The highest BCUT2D eigenvalue weighted by atomic mass is 35.5. The Morgan fingerprint density at radius 3 is 2.64 bits per heavy atom. The lowest BCUT2D eigenvalue weighted by atomic mass is 10.1. The van der Waals surface area contributed by atoms with E-state index in [4.69, 9.17) is 35.4 Å². The van der Waals surface area contributed by atoms with E-state index in [0.717, 1.165) is 22.0 Å². The molecule has 8 heteroatoms. The first-order valence-electron chi connectivity index (χ1n) is 9.96. The van der Waals surface area contributed by atoms with Crippen LogP contribution in [0.4, 0.5) is 10.1 Å². The molecule has 0 bridgehead atoms. The molecule has 0 N–H and O–H groups in total. The molecule has 1 aromatic heterocycles. The van der Waals surface area contributed by atoms with Gasteiger partial charge in [-0.1, -0.05) is 77.5 Å². The van der Waals surface area contributed by atoms with Crippen molar-refractivity contribution in [3.8, 4) is 0 Å².